The number of aliphatic imine (C=N–C) groups is 1. The van der Waals surface area contributed by atoms with Gasteiger partial charge in [0.2, 0.25) is 0 Å². The van der Waals surface area contributed by atoms with Crippen LogP contribution in [0.5, 0.6) is 11.5 Å². The van der Waals surface area contributed by atoms with Gasteiger partial charge in [0.1, 0.15) is 11.5 Å². The number of amidine groups is 1. The van der Waals surface area contributed by atoms with Crippen molar-refractivity contribution >= 4 is 34.6 Å². The highest BCUT2D eigenvalue weighted by atomic mass is 32.2. The molecule has 1 saturated heterocycles. The molecular weight excluding hydrogens is 470 g/mol. The number of rotatable bonds is 7. The Morgan fingerprint density at radius 1 is 0.833 bits per heavy atom. The zero-order valence-corrected chi connectivity index (χ0v) is 20.8. The molecule has 3 aromatic carbocycles. The minimum atomic E-state index is -0.0759. The fourth-order valence-corrected chi connectivity index (χ4v) is 4.86. The summed E-state index contributed by atoms with van der Waals surface area (Å²) in [4.78, 5) is 20.7. The third-order valence-corrected chi connectivity index (χ3v) is 6.79. The van der Waals surface area contributed by atoms with Crippen molar-refractivity contribution in [2.75, 3.05) is 14.2 Å². The Morgan fingerprint density at radius 3 is 2.17 bits per heavy atom. The Balaban J connectivity index is 1.48. The monoisotopic (exact) mass is 495 g/mol. The van der Waals surface area contributed by atoms with Gasteiger partial charge in [0.25, 0.3) is 5.91 Å². The van der Waals surface area contributed by atoms with E-state index in [1.807, 2.05) is 108 Å². The minimum Gasteiger partial charge on any atom is -0.497 e. The smallest absolute Gasteiger partial charge is 0.267 e. The summed E-state index contributed by atoms with van der Waals surface area (Å²) in [6, 6.07) is 29.2. The number of carbonyl (C=O) groups is 1. The molecule has 0 aliphatic carbocycles. The van der Waals surface area contributed by atoms with Gasteiger partial charge in [0, 0.05) is 17.6 Å². The number of aromatic nitrogens is 1. The molecule has 0 unspecified atom stereocenters. The Hall–Kier alpha value is -4.23. The molecule has 1 aromatic heterocycles. The van der Waals surface area contributed by atoms with Gasteiger partial charge >= 0.3 is 0 Å². The van der Waals surface area contributed by atoms with Crippen molar-refractivity contribution in [1.29, 1.82) is 0 Å². The zero-order valence-electron chi connectivity index (χ0n) is 20.0. The van der Waals surface area contributed by atoms with Crippen LogP contribution >= 0.6 is 11.8 Å². The molecule has 0 spiro atoms. The third kappa shape index (κ3) is 5.06. The van der Waals surface area contributed by atoms with Crippen LogP contribution < -0.4 is 9.47 Å². The number of thioether (sulfide) groups is 1. The van der Waals surface area contributed by atoms with Crippen LogP contribution in [-0.4, -0.2) is 34.8 Å². The fraction of sp³-hybridized carbons (Fsp3) is 0.103. The Labute approximate surface area is 214 Å². The fourth-order valence-electron chi connectivity index (χ4n) is 3.88. The molecule has 7 heteroatoms. The maximum Gasteiger partial charge on any atom is 0.267 e. The molecule has 0 atom stereocenters. The van der Waals surface area contributed by atoms with E-state index in [1.54, 1.807) is 19.1 Å². The number of carbonyl (C=O) groups excluding carboxylic acids is 1. The summed E-state index contributed by atoms with van der Waals surface area (Å²) in [5, 5.41) is 0.649. The standard InChI is InChI=1S/C29H25N3O3S/c1-34-25-14-10-21(11-15-25)20-32-28(33)27(36-29(32)30-22-7-4-3-5-8-22)19-24-9-6-18-31(24)23-12-16-26(35-2)17-13-23/h3-19H,20H2,1-2H3/b27-19-,30-29?. The molecule has 4 aromatic rings. The molecule has 2 heterocycles. The molecule has 5 rings (SSSR count). The molecule has 0 bridgehead atoms. The number of nitrogens with zero attached hydrogens (tertiary/aromatic N) is 3. The van der Waals surface area contributed by atoms with Gasteiger partial charge in [-0.05, 0) is 84.1 Å². The van der Waals surface area contributed by atoms with Crippen LogP contribution in [0.15, 0.2) is 107 Å². The van der Waals surface area contributed by atoms with E-state index in [9.17, 15) is 4.79 Å². The Morgan fingerprint density at radius 2 is 1.50 bits per heavy atom. The average molecular weight is 496 g/mol. The predicted molar refractivity (Wildman–Crippen MR) is 145 cm³/mol. The second kappa shape index (κ2) is 10.6. The number of hydrogen-bond donors (Lipinski definition) is 0. The summed E-state index contributed by atoms with van der Waals surface area (Å²) in [5.74, 6) is 1.50. The van der Waals surface area contributed by atoms with E-state index >= 15 is 0 Å². The van der Waals surface area contributed by atoms with E-state index < -0.39 is 0 Å². The lowest BCUT2D eigenvalue weighted by Crippen LogP contribution is -2.28. The van der Waals surface area contributed by atoms with Crippen molar-refractivity contribution in [3.63, 3.8) is 0 Å². The molecule has 0 N–H and O–H groups in total. The normalized spacial score (nSPS) is 15.6. The average Bonchev–Trinajstić information content (AvgIpc) is 3.50. The lowest BCUT2D eigenvalue weighted by molar-refractivity contribution is -0.122. The minimum absolute atomic E-state index is 0.0759. The maximum atomic E-state index is 13.6. The van der Waals surface area contributed by atoms with E-state index in [0.717, 1.165) is 34.1 Å². The van der Waals surface area contributed by atoms with Crippen LogP contribution in [0.25, 0.3) is 11.8 Å². The van der Waals surface area contributed by atoms with Crippen LogP contribution in [0.2, 0.25) is 0 Å². The van der Waals surface area contributed by atoms with E-state index in [-0.39, 0.29) is 5.91 Å². The van der Waals surface area contributed by atoms with Gasteiger partial charge in [0.05, 0.1) is 31.4 Å². The summed E-state index contributed by atoms with van der Waals surface area (Å²) >= 11 is 1.39. The van der Waals surface area contributed by atoms with Crippen molar-refractivity contribution in [2.45, 2.75) is 6.54 Å². The number of para-hydroxylation sites is 1. The molecule has 6 nitrogen and oxygen atoms in total. The summed E-state index contributed by atoms with van der Waals surface area (Å²) < 4.78 is 12.6. The number of methoxy groups -OCH3 is 2. The second-order valence-corrected chi connectivity index (χ2v) is 9.09. The quantitative estimate of drug-likeness (QED) is 0.283. The largest absolute Gasteiger partial charge is 0.497 e. The number of hydrogen-bond acceptors (Lipinski definition) is 5. The van der Waals surface area contributed by atoms with Crippen LogP contribution in [0.4, 0.5) is 5.69 Å². The Bertz CT molecular complexity index is 1410. The molecular formula is C29H25N3O3S. The molecule has 1 amide bonds. The highest BCUT2D eigenvalue weighted by Gasteiger charge is 2.33. The zero-order chi connectivity index (χ0) is 24.9. The highest BCUT2D eigenvalue weighted by Crippen LogP contribution is 2.35. The topological polar surface area (TPSA) is 56.1 Å². The first-order valence-electron chi connectivity index (χ1n) is 11.4. The van der Waals surface area contributed by atoms with E-state index in [1.165, 1.54) is 11.8 Å². The van der Waals surface area contributed by atoms with Gasteiger partial charge in [-0.15, -0.1) is 0 Å². The first kappa shape index (κ1) is 23.5. The molecule has 36 heavy (non-hydrogen) atoms. The summed E-state index contributed by atoms with van der Waals surface area (Å²) in [7, 11) is 3.29. The van der Waals surface area contributed by atoms with Gasteiger partial charge < -0.3 is 14.0 Å². The van der Waals surface area contributed by atoms with Gasteiger partial charge in [-0.3, -0.25) is 9.69 Å². The lowest BCUT2D eigenvalue weighted by atomic mass is 10.2. The molecule has 0 saturated carbocycles. The summed E-state index contributed by atoms with van der Waals surface area (Å²) in [5.41, 5.74) is 3.68. The molecule has 1 fully saturated rings. The van der Waals surface area contributed by atoms with Gasteiger partial charge in [0.15, 0.2) is 5.17 Å². The number of ether oxygens (including phenoxy) is 2. The van der Waals surface area contributed by atoms with Gasteiger partial charge in [-0.25, -0.2) is 4.99 Å². The van der Waals surface area contributed by atoms with Crippen molar-refractivity contribution in [2.24, 2.45) is 4.99 Å². The van der Waals surface area contributed by atoms with Crippen LogP contribution in [0.3, 0.4) is 0 Å². The highest BCUT2D eigenvalue weighted by molar-refractivity contribution is 8.18. The lowest BCUT2D eigenvalue weighted by Gasteiger charge is -2.16. The van der Waals surface area contributed by atoms with E-state index in [2.05, 4.69) is 0 Å². The maximum absolute atomic E-state index is 13.6. The van der Waals surface area contributed by atoms with Crippen LogP contribution in [0.1, 0.15) is 11.3 Å². The third-order valence-electron chi connectivity index (χ3n) is 5.78. The van der Waals surface area contributed by atoms with Gasteiger partial charge in [-0.1, -0.05) is 30.3 Å². The molecule has 1 aliphatic heterocycles. The molecule has 0 radical (unpaired) electrons. The van der Waals surface area contributed by atoms with Crippen LogP contribution in [0, 0.1) is 0 Å². The SMILES string of the molecule is COc1ccc(CN2C(=O)/C(=C/c3cccn3-c3ccc(OC)cc3)SC2=Nc2ccccc2)cc1. The predicted octanol–water partition coefficient (Wildman–Crippen LogP) is 6.30. The summed E-state index contributed by atoms with van der Waals surface area (Å²) in [6.07, 6.45) is 3.90. The second-order valence-electron chi connectivity index (χ2n) is 8.08. The van der Waals surface area contributed by atoms with Crippen molar-refractivity contribution < 1.29 is 14.3 Å². The Kier molecular flexibility index (Phi) is 6.91. The molecule has 180 valence electrons. The van der Waals surface area contributed by atoms with E-state index in [4.69, 9.17) is 14.5 Å². The van der Waals surface area contributed by atoms with Crippen molar-refractivity contribution in [3.05, 3.63) is 113 Å². The summed E-state index contributed by atoms with van der Waals surface area (Å²) in [6.45, 7) is 0.415. The first-order valence-corrected chi connectivity index (χ1v) is 12.3. The molecule has 1 aliphatic rings. The van der Waals surface area contributed by atoms with Crippen LogP contribution in [-0.2, 0) is 11.3 Å². The number of amides is 1. The van der Waals surface area contributed by atoms with E-state index in [0.29, 0.717) is 16.6 Å². The first-order chi connectivity index (χ1) is 17.6. The van der Waals surface area contributed by atoms with Crippen molar-refractivity contribution in [1.82, 2.24) is 9.47 Å². The number of benzene rings is 3. The van der Waals surface area contributed by atoms with Gasteiger partial charge in [-0.2, -0.15) is 0 Å². The van der Waals surface area contributed by atoms with Crippen molar-refractivity contribution in [3.8, 4) is 17.2 Å².